The van der Waals surface area contributed by atoms with Crippen molar-refractivity contribution in [2.45, 2.75) is 6.04 Å². The molecule has 1 unspecified atom stereocenters. The zero-order chi connectivity index (χ0) is 20.1. The molecule has 0 aliphatic rings. The molecule has 6 nitrogen and oxygen atoms in total. The van der Waals surface area contributed by atoms with E-state index in [1.165, 1.54) is 39.5 Å². The molecule has 0 aliphatic heterocycles. The van der Waals surface area contributed by atoms with Gasteiger partial charge in [-0.2, -0.15) is 0 Å². The highest BCUT2D eigenvalue weighted by Crippen LogP contribution is 2.35. The average Bonchev–Trinajstić information content (AvgIpc) is 2.67. The van der Waals surface area contributed by atoms with Crippen LogP contribution in [0.1, 0.15) is 22.0 Å². The standard InChI is InChI=1S/C18H17BrF2N2O4/c1-22-18(25)16(9-4-5-11(20)12(21)6-9)23-17(24)10-7-13(26-2)15(19)14(8-10)27-3/h4-8,16H,1-3H3,(H,22,25)(H,23,24). The molecule has 2 aromatic carbocycles. The minimum absolute atomic E-state index is 0.0950. The van der Waals surface area contributed by atoms with Gasteiger partial charge in [-0.3, -0.25) is 9.59 Å². The summed E-state index contributed by atoms with van der Waals surface area (Å²) in [7, 11) is 4.22. The summed E-state index contributed by atoms with van der Waals surface area (Å²) in [5.74, 6) is -2.69. The molecule has 27 heavy (non-hydrogen) atoms. The zero-order valence-corrected chi connectivity index (χ0v) is 16.3. The molecule has 2 amide bonds. The van der Waals surface area contributed by atoms with E-state index in [-0.39, 0.29) is 11.1 Å². The molecule has 2 N–H and O–H groups in total. The minimum atomic E-state index is -1.22. The molecule has 0 fully saturated rings. The largest absolute Gasteiger partial charge is 0.495 e. The molecule has 2 rings (SSSR count). The number of amides is 2. The van der Waals surface area contributed by atoms with Crippen molar-refractivity contribution in [3.63, 3.8) is 0 Å². The van der Waals surface area contributed by atoms with Crippen molar-refractivity contribution in [2.24, 2.45) is 0 Å². The second-order valence-corrected chi connectivity index (χ2v) is 6.18. The number of hydrogen-bond donors (Lipinski definition) is 2. The van der Waals surface area contributed by atoms with Gasteiger partial charge in [0.2, 0.25) is 5.91 Å². The van der Waals surface area contributed by atoms with Gasteiger partial charge in [0.15, 0.2) is 11.6 Å². The van der Waals surface area contributed by atoms with Crippen molar-refractivity contribution in [2.75, 3.05) is 21.3 Å². The number of nitrogens with one attached hydrogen (secondary N) is 2. The number of carbonyl (C=O) groups is 2. The Labute approximate surface area is 163 Å². The fourth-order valence-corrected chi connectivity index (χ4v) is 2.90. The molecular weight excluding hydrogens is 426 g/mol. The van der Waals surface area contributed by atoms with Gasteiger partial charge in [-0.15, -0.1) is 0 Å². The van der Waals surface area contributed by atoms with Crippen LogP contribution in [0.3, 0.4) is 0 Å². The van der Waals surface area contributed by atoms with Crippen LogP contribution < -0.4 is 20.1 Å². The molecule has 0 saturated heterocycles. The first-order valence-corrected chi connectivity index (χ1v) is 8.50. The van der Waals surface area contributed by atoms with E-state index in [1.807, 2.05) is 0 Å². The fraction of sp³-hybridized carbons (Fsp3) is 0.222. The molecule has 0 saturated carbocycles. The number of carbonyl (C=O) groups excluding carboxylic acids is 2. The summed E-state index contributed by atoms with van der Waals surface area (Å²) in [6, 6.07) is 4.65. The van der Waals surface area contributed by atoms with Crippen LogP contribution in [0.2, 0.25) is 0 Å². The predicted octanol–water partition coefficient (Wildman–Crippen LogP) is 2.96. The lowest BCUT2D eigenvalue weighted by molar-refractivity contribution is -0.122. The van der Waals surface area contributed by atoms with Gasteiger partial charge in [0.1, 0.15) is 22.0 Å². The normalized spacial score (nSPS) is 11.5. The smallest absolute Gasteiger partial charge is 0.252 e. The van der Waals surface area contributed by atoms with Gasteiger partial charge in [0.25, 0.3) is 5.91 Å². The van der Waals surface area contributed by atoms with Crippen molar-refractivity contribution in [3.05, 3.63) is 57.6 Å². The van der Waals surface area contributed by atoms with Gasteiger partial charge in [-0.25, -0.2) is 8.78 Å². The number of halogens is 3. The highest BCUT2D eigenvalue weighted by Gasteiger charge is 2.24. The molecule has 0 radical (unpaired) electrons. The summed E-state index contributed by atoms with van der Waals surface area (Å²) in [6.07, 6.45) is 0. The summed E-state index contributed by atoms with van der Waals surface area (Å²) in [5.41, 5.74) is 0.251. The van der Waals surface area contributed by atoms with E-state index in [2.05, 4.69) is 26.6 Å². The molecule has 144 valence electrons. The third kappa shape index (κ3) is 4.54. The van der Waals surface area contributed by atoms with Crippen LogP contribution in [0.5, 0.6) is 11.5 Å². The van der Waals surface area contributed by atoms with E-state index >= 15 is 0 Å². The van der Waals surface area contributed by atoms with Crippen LogP contribution in [0.4, 0.5) is 8.78 Å². The lowest BCUT2D eigenvalue weighted by atomic mass is 10.0. The van der Waals surface area contributed by atoms with E-state index in [4.69, 9.17) is 9.47 Å². The highest BCUT2D eigenvalue weighted by molar-refractivity contribution is 9.10. The van der Waals surface area contributed by atoms with Crippen LogP contribution in [-0.2, 0) is 4.79 Å². The lowest BCUT2D eigenvalue weighted by Crippen LogP contribution is -2.39. The third-order valence-electron chi connectivity index (χ3n) is 3.77. The Hall–Kier alpha value is -2.68. The van der Waals surface area contributed by atoms with Crippen LogP contribution in [0.15, 0.2) is 34.8 Å². The van der Waals surface area contributed by atoms with Crippen molar-refractivity contribution in [3.8, 4) is 11.5 Å². The highest BCUT2D eigenvalue weighted by atomic mass is 79.9. The second-order valence-electron chi connectivity index (χ2n) is 5.39. The van der Waals surface area contributed by atoms with E-state index in [0.717, 1.165) is 12.1 Å². The number of hydrogen-bond acceptors (Lipinski definition) is 4. The molecule has 9 heteroatoms. The van der Waals surface area contributed by atoms with E-state index < -0.39 is 29.5 Å². The Morgan fingerprint density at radius 2 is 1.63 bits per heavy atom. The number of methoxy groups -OCH3 is 2. The summed E-state index contributed by atoms with van der Waals surface area (Å²) >= 11 is 3.30. The van der Waals surface area contributed by atoms with Gasteiger partial charge in [-0.05, 0) is 45.8 Å². The van der Waals surface area contributed by atoms with Gasteiger partial charge in [-0.1, -0.05) is 6.07 Å². The third-order valence-corrected chi connectivity index (χ3v) is 4.55. The van der Waals surface area contributed by atoms with Gasteiger partial charge >= 0.3 is 0 Å². The van der Waals surface area contributed by atoms with Crippen molar-refractivity contribution in [1.29, 1.82) is 0 Å². The van der Waals surface area contributed by atoms with Crippen molar-refractivity contribution in [1.82, 2.24) is 10.6 Å². The summed E-state index contributed by atoms with van der Waals surface area (Å²) in [6.45, 7) is 0. The van der Waals surface area contributed by atoms with Crippen LogP contribution in [0, 0.1) is 11.6 Å². The summed E-state index contributed by atoms with van der Waals surface area (Å²) in [5, 5.41) is 4.88. The molecule has 0 aliphatic carbocycles. The number of ether oxygens (including phenoxy) is 2. The quantitative estimate of drug-likeness (QED) is 0.720. The second kappa shape index (κ2) is 8.81. The number of rotatable bonds is 6. The molecular formula is C18H17BrF2N2O4. The fourth-order valence-electron chi connectivity index (χ4n) is 2.35. The molecule has 0 bridgehead atoms. The van der Waals surface area contributed by atoms with Crippen LogP contribution >= 0.6 is 15.9 Å². The maximum absolute atomic E-state index is 13.6. The predicted molar refractivity (Wildman–Crippen MR) is 97.9 cm³/mol. The lowest BCUT2D eigenvalue weighted by Gasteiger charge is -2.19. The Bertz CT molecular complexity index is 851. The van der Waals surface area contributed by atoms with Crippen molar-refractivity contribution >= 4 is 27.7 Å². The molecule has 0 aromatic heterocycles. The summed E-state index contributed by atoms with van der Waals surface area (Å²) in [4.78, 5) is 24.8. The van der Waals surface area contributed by atoms with E-state index in [1.54, 1.807) is 0 Å². The number of likely N-dealkylation sites (N-methyl/N-ethyl adjacent to an activating group) is 1. The Morgan fingerprint density at radius 1 is 1.04 bits per heavy atom. The Kier molecular flexibility index (Phi) is 6.73. The first-order valence-electron chi connectivity index (χ1n) is 7.71. The van der Waals surface area contributed by atoms with Gasteiger partial charge < -0.3 is 20.1 Å². The van der Waals surface area contributed by atoms with Gasteiger partial charge in [0.05, 0.1) is 14.2 Å². The number of benzene rings is 2. The van der Waals surface area contributed by atoms with Crippen LogP contribution in [-0.4, -0.2) is 33.1 Å². The Morgan fingerprint density at radius 3 is 2.11 bits per heavy atom. The maximum Gasteiger partial charge on any atom is 0.252 e. The molecule has 1 atom stereocenters. The molecule has 2 aromatic rings. The topological polar surface area (TPSA) is 76.7 Å². The first-order chi connectivity index (χ1) is 12.8. The Balaban J connectivity index is 2.39. The van der Waals surface area contributed by atoms with Crippen LogP contribution in [0.25, 0.3) is 0 Å². The summed E-state index contributed by atoms with van der Waals surface area (Å²) < 4.78 is 37.6. The average molecular weight is 443 g/mol. The van der Waals surface area contributed by atoms with E-state index in [9.17, 15) is 18.4 Å². The first kappa shape index (κ1) is 20.6. The van der Waals surface area contributed by atoms with E-state index in [0.29, 0.717) is 16.0 Å². The minimum Gasteiger partial charge on any atom is -0.495 e. The monoisotopic (exact) mass is 442 g/mol. The molecule has 0 spiro atoms. The zero-order valence-electron chi connectivity index (χ0n) is 14.7. The SMILES string of the molecule is CNC(=O)C(NC(=O)c1cc(OC)c(Br)c(OC)c1)c1ccc(F)c(F)c1. The van der Waals surface area contributed by atoms with Crippen molar-refractivity contribution < 1.29 is 27.8 Å². The maximum atomic E-state index is 13.6. The van der Waals surface area contributed by atoms with Gasteiger partial charge in [0, 0.05) is 12.6 Å². The molecule has 0 heterocycles.